The van der Waals surface area contributed by atoms with Gasteiger partial charge in [0.1, 0.15) is 10.4 Å². The van der Waals surface area contributed by atoms with Gasteiger partial charge < -0.3 is 14.7 Å². The molecule has 4 nitrogen and oxygen atoms in total. The second-order valence-corrected chi connectivity index (χ2v) is 7.55. The van der Waals surface area contributed by atoms with Crippen LogP contribution in [0.3, 0.4) is 0 Å². The lowest BCUT2D eigenvalue weighted by Crippen LogP contribution is -2.27. The Bertz CT molecular complexity index is 1010. The molecule has 5 heteroatoms. The minimum Gasteiger partial charge on any atom is -0.467 e. The smallest absolute Gasteiger partial charge is 0.254 e. The number of aromatic amines is 1. The first-order chi connectivity index (χ1) is 13.1. The third-order valence-corrected chi connectivity index (χ3v) is 5.47. The first kappa shape index (κ1) is 17.7. The van der Waals surface area contributed by atoms with E-state index in [4.69, 9.17) is 16.6 Å². The van der Waals surface area contributed by atoms with Gasteiger partial charge in [-0.2, -0.15) is 0 Å². The van der Waals surface area contributed by atoms with Gasteiger partial charge in [-0.05, 0) is 54.0 Å². The van der Waals surface area contributed by atoms with E-state index in [1.807, 2.05) is 30.3 Å². The molecule has 138 valence electrons. The van der Waals surface area contributed by atoms with Gasteiger partial charge in [-0.15, -0.1) is 0 Å². The van der Waals surface area contributed by atoms with E-state index in [0.717, 1.165) is 41.8 Å². The molecule has 0 spiro atoms. The maximum Gasteiger partial charge on any atom is 0.254 e. The van der Waals surface area contributed by atoms with Crippen LogP contribution < -0.4 is 5.32 Å². The Morgan fingerprint density at radius 3 is 2.78 bits per heavy atom. The lowest BCUT2D eigenvalue weighted by molar-refractivity contribution is 0.0945. The van der Waals surface area contributed by atoms with Crippen molar-refractivity contribution in [3.8, 4) is 11.3 Å². The Balaban J connectivity index is 1.75. The van der Waals surface area contributed by atoms with Crippen molar-refractivity contribution >= 4 is 18.1 Å². The molecular formula is C22H22N2O2S. The fraction of sp³-hybridized carbons (Fsp3) is 0.273. The van der Waals surface area contributed by atoms with Crippen molar-refractivity contribution in [1.29, 1.82) is 0 Å². The highest BCUT2D eigenvalue weighted by molar-refractivity contribution is 7.71. The summed E-state index contributed by atoms with van der Waals surface area (Å²) >= 11 is 5.61. The molecule has 2 aromatic heterocycles. The van der Waals surface area contributed by atoms with Crippen LogP contribution in [-0.4, -0.2) is 10.9 Å². The lowest BCUT2D eigenvalue weighted by atomic mass is 9.81. The lowest BCUT2D eigenvalue weighted by Gasteiger charge is -2.26. The summed E-state index contributed by atoms with van der Waals surface area (Å²) in [6.07, 6.45) is 4.49. The summed E-state index contributed by atoms with van der Waals surface area (Å²) in [5.74, 6) is 1.17. The van der Waals surface area contributed by atoms with Gasteiger partial charge in [0.2, 0.25) is 0 Å². The molecule has 0 saturated carbocycles. The molecule has 1 atom stereocenters. The highest BCUT2D eigenvalue weighted by atomic mass is 32.1. The number of furan rings is 1. The zero-order valence-electron chi connectivity index (χ0n) is 15.2. The third-order valence-electron chi connectivity index (χ3n) is 5.17. The fourth-order valence-electron chi connectivity index (χ4n) is 3.79. The van der Waals surface area contributed by atoms with Gasteiger partial charge in [0, 0.05) is 5.69 Å². The normalized spacial score (nSPS) is 16.0. The number of nitrogens with one attached hydrogen (secondary N) is 2. The monoisotopic (exact) mass is 378 g/mol. The molecule has 0 aliphatic heterocycles. The molecular weight excluding hydrogens is 356 g/mol. The first-order valence-corrected chi connectivity index (χ1v) is 9.68. The highest BCUT2D eigenvalue weighted by Gasteiger charge is 2.26. The van der Waals surface area contributed by atoms with E-state index in [9.17, 15) is 4.79 Å². The number of carbonyl (C=O) groups is 1. The van der Waals surface area contributed by atoms with Gasteiger partial charge in [-0.3, -0.25) is 4.79 Å². The number of amides is 1. The summed E-state index contributed by atoms with van der Waals surface area (Å²) in [5, 5.41) is 2.94. The number of aromatic nitrogens is 1. The zero-order chi connectivity index (χ0) is 18.8. The molecule has 27 heavy (non-hydrogen) atoms. The fourth-order valence-corrected chi connectivity index (χ4v) is 4.11. The summed E-state index contributed by atoms with van der Waals surface area (Å²) in [5.41, 5.74) is 5.07. The Kier molecular flexibility index (Phi) is 4.94. The highest BCUT2D eigenvalue weighted by Crippen LogP contribution is 2.34. The standard InChI is InChI=1S/C22H22N2O2S/c1-14-9-10-17-18(12-14)20(15-6-3-2-4-7-15)24-22(27)19(17)21(25)23-13-16-8-5-11-26-16/h2-8,11,14H,9-10,12-13H2,1H3,(H,23,25)(H,24,27)/t14-/m1/s1. The van der Waals surface area contributed by atoms with Gasteiger partial charge in [-0.1, -0.05) is 49.5 Å². The van der Waals surface area contributed by atoms with Crippen LogP contribution in [0.15, 0.2) is 53.1 Å². The van der Waals surface area contributed by atoms with Crippen LogP contribution in [0.25, 0.3) is 11.3 Å². The SMILES string of the molecule is C[C@@H]1CCc2c(c(-c3ccccc3)[nH]c(=S)c2C(=O)NCc2ccco2)C1. The Hall–Kier alpha value is -2.66. The van der Waals surface area contributed by atoms with Gasteiger partial charge in [0.25, 0.3) is 5.91 Å². The molecule has 1 aliphatic rings. The third kappa shape index (κ3) is 3.60. The van der Waals surface area contributed by atoms with Crippen molar-refractivity contribution < 1.29 is 9.21 Å². The summed E-state index contributed by atoms with van der Waals surface area (Å²) < 4.78 is 5.80. The second-order valence-electron chi connectivity index (χ2n) is 7.14. The van der Waals surface area contributed by atoms with Gasteiger partial charge in [0.05, 0.1) is 18.4 Å². The van der Waals surface area contributed by atoms with E-state index in [1.54, 1.807) is 6.26 Å². The Morgan fingerprint density at radius 2 is 2.04 bits per heavy atom. The minimum atomic E-state index is -0.141. The predicted octanol–water partition coefficient (Wildman–Crippen LogP) is 5.06. The number of pyridine rings is 1. The van der Waals surface area contributed by atoms with E-state index >= 15 is 0 Å². The topological polar surface area (TPSA) is 58.0 Å². The van der Waals surface area contributed by atoms with Crippen LogP contribution in [0, 0.1) is 10.6 Å². The average molecular weight is 378 g/mol. The van der Waals surface area contributed by atoms with Crippen molar-refractivity contribution in [1.82, 2.24) is 10.3 Å². The predicted molar refractivity (Wildman–Crippen MR) is 108 cm³/mol. The largest absolute Gasteiger partial charge is 0.467 e. The Morgan fingerprint density at radius 1 is 1.22 bits per heavy atom. The minimum absolute atomic E-state index is 0.141. The molecule has 2 heterocycles. The van der Waals surface area contributed by atoms with Gasteiger partial charge >= 0.3 is 0 Å². The van der Waals surface area contributed by atoms with Gasteiger partial charge in [-0.25, -0.2) is 0 Å². The quantitative estimate of drug-likeness (QED) is 0.624. The molecule has 0 unspecified atom stereocenters. The zero-order valence-corrected chi connectivity index (χ0v) is 16.1. The summed E-state index contributed by atoms with van der Waals surface area (Å²) in [4.78, 5) is 16.3. The number of hydrogen-bond acceptors (Lipinski definition) is 3. The number of carbonyl (C=O) groups excluding carboxylic acids is 1. The Labute approximate surface area is 163 Å². The molecule has 1 amide bonds. The van der Waals surface area contributed by atoms with E-state index in [-0.39, 0.29) is 5.91 Å². The van der Waals surface area contributed by atoms with Crippen LogP contribution in [0.1, 0.15) is 40.6 Å². The number of fused-ring (bicyclic) bond motifs is 1. The molecule has 0 fully saturated rings. The van der Waals surface area contributed by atoms with Crippen LogP contribution in [-0.2, 0) is 19.4 Å². The number of rotatable bonds is 4. The van der Waals surface area contributed by atoms with Crippen LogP contribution in [0.4, 0.5) is 0 Å². The number of benzene rings is 1. The van der Waals surface area contributed by atoms with Crippen molar-refractivity contribution in [3.05, 3.63) is 75.8 Å². The second kappa shape index (κ2) is 7.53. The maximum atomic E-state index is 12.9. The molecule has 0 bridgehead atoms. The molecule has 0 saturated heterocycles. The summed E-state index contributed by atoms with van der Waals surface area (Å²) in [7, 11) is 0. The van der Waals surface area contributed by atoms with Crippen LogP contribution >= 0.6 is 12.2 Å². The van der Waals surface area contributed by atoms with E-state index in [0.29, 0.717) is 22.7 Å². The van der Waals surface area contributed by atoms with Crippen LogP contribution in [0.5, 0.6) is 0 Å². The summed E-state index contributed by atoms with van der Waals surface area (Å²) in [6, 6.07) is 13.9. The molecule has 3 aromatic rings. The van der Waals surface area contributed by atoms with Crippen molar-refractivity contribution in [2.24, 2.45) is 5.92 Å². The molecule has 0 radical (unpaired) electrons. The van der Waals surface area contributed by atoms with Crippen molar-refractivity contribution in [2.75, 3.05) is 0 Å². The summed E-state index contributed by atoms with van der Waals surface area (Å²) in [6.45, 7) is 2.61. The molecule has 1 aromatic carbocycles. The van der Waals surface area contributed by atoms with Crippen LogP contribution in [0.2, 0.25) is 0 Å². The van der Waals surface area contributed by atoms with Crippen molar-refractivity contribution in [2.45, 2.75) is 32.7 Å². The number of hydrogen-bond donors (Lipinski definition) is 2. The van der Waals surface area contributed by atoms with E-state index in [1.165, 1.54) is 5.56 Å². The first-order valence-electron chi connectivity index (χ1n) is 9.27. The van der Waals surface area contributed by atoms with E-state index < -0.39 is 0 Å². The van der Waals surface area contributed by atoms with Gasteiger partial charge in [0.15, 0.2) is 0 Å². The average Bonchev–Trinajstić information content (AvgIpc) is 3.20. The number of H-pyrrole nitrogens is 1. The molecule has 1 aliphatic carbocycles. The molecule has 2 N–H and O–H groups in total. The maximum absolute atomic E-state index is 12.9. The van der Waals surface area contributed by atoms with Crippen molar-refractivity contribution in [3.63, 3.8) is 0 Å². The van der Waals surface area contributed by atoms with E-state index in [2.05, 4.69) is 29.4 Å². The molecule has 4 rings (SSSR count).